The molecule has 0 amide bonds. The van der Waals surface area contributed by atoms with Crippen molar-refractivity contribution < 1.29 is 23.1 Å². The second kappa shape index (κ2) is 5.98. The molecule has 0 aromatic carbocycles. The number of hydrogen-bond acceptors (Lipinski definition) is 4. The van der Waals surface area contributed by atoms with Crippen LogP contribution in [0.25, 0.3) is 0 Å². The number of aromatic nitrogens is 2. The number of hydrogen-bond donors (Lipinski definition) is 1. The highest BCUT2D eigenvalue weighted by atomic mass is 19.4. The van der Waals surface area contributed by atoms with Crippen LogP contribution in [-0.2, 0) is 4.79 Å². The standard InChI is InChI=1S/C15H20F3N3O2/c1-9(2)21(3)13-19-7-10(8-20-13)11(6-12(22)23)14(4-5-14)15(16,17)18/h7-9,11H,4-6H2,1-3H3,(H,22,23). The molecule has 0 radical (unpaired) electrons. The molecule has 1 heterocycles. The van der Waals surface area contributed by atoms with E-state index in [9.17, 15) is 18.0 Å². The topological polar surface area (TPSA) is 66.3 Å². The second-order valence-corrected chi connectivity index (χ2v) is 6.33. The fourth-order valence-electron chi connectivity index (χ4n) is 2.70. The third-order valence-corrected chi connectivity index (χ3v) is 4.55. The summed E-state index contributed by atoms with van der Waals surface area (Å²) in [6.07, 6.45) is -2.48. The molecule has 1 unspecified atom stereocenters. The van der Waals surface area contributed by atoms with Crippen LogP contribution in [-0.4, -0.2) is 40.3 Å². The zero-order valence-corrected chi connectivity index (χ0v) is 13.3. The number of aliphatic carboxylic acids is 1. The first-order valence-corrected chi connectivity index (χ1v) is 7.42. The summed E-state index contributed by atoms with van der Waals surface area (Å²) in [4.78, 5) is 21.0. The SMILES string of the molecule is CC(C)N(C)c1ncc(C(CC(=O)O)C2(C(F)(F)F)CC2)cn1. The van der Waals surface area contributed by atoms with Gasteiger partial charge in [0.05, 0.1) is 11.8 Å². The van der Waals surface area contributed by atoms with Gasteiger partial charge in [0.1, 0.15) is 0 Å². The van der Waals surface area contributed by atoms with Gasteiger partial charge in [-0.15, -0.1) is 0 Å². The van der Waals surface area contributed by atoms with Gasteiger partial charge in [0.2, 0.25) is 5.95 Å². The van der Waals surface area contributed by atoms with Crippen molar-refractivity contribution in [2.24, 2.45) is 5.41 Å². The van der Waals surface area contributed by atoms with Crippen molar-refractivity contribution in [2.45, 2.75) is 51.2 Å². The normalized spacial score (nSPS) is 17.9. The van der Waals surface area contributed by atoms with Crippen LogP contribution in [0.15, 0.2) is 12.4 Å². The summed E-state index contributed by atoms with van der Waals surface area (Å²) in [6, 6.07) is 0.139. The Morgan fingerprint density at radius 1 is 1.35 bits per heavy atom. The van der Waals surface area contributed by atoms with E-state index in [4.69, 9.17) is 5.11 Å². The van der Waals surface area contributed by atoms with Crippen molar-refractivity contribution in [3.8, 4) is 0 Å². The summed E-state index contributed by atoms with van der Waals surface area (Å²) >= 11 is 0. The van der Waals surface area contributed by atoms with Crippen molar-refractivity contribution >= 4 is 11.9 Å². The van der Waals surface area contributed by atoms with Gasteiger partial charge < -0.3 is 10.0 Å². The largest absolute Gasteiger partial charge is 0.481 e. The number of carboxylic acids is 1. The van der Waals surface area contributed by atoms with E-state index in [0.29, 0.717) is 5.95 Å². The van der Waals surface area contributed by atoms with E-state index in [1.54, 1.807) is 11.9 Å². The Bertz CT molecular complexity index is 568. The number of nitrogens with zero attached hydrogens (tertiary/aromatic N) is 3. The minimum absolute atomic E-state index is 0.0535. The van der Waals surface area contributed by atoms with Crippen molar-refractivity contribution in [3.63, 3.8) is 0 Å². The molecule has 1 aromatic heterocycles. The van der Waals surface area contributed by atoms with Crippen LogP contribution in [0.5, 0.6) is 0 Å². The highest BCUT2D eigenvalue weighted by molar-refractivity contribution is 5.68. The molecule has 5 nitrogen and oxygen atoms in total. The predicted molar refractivity (Wildman–Crippen MR) is 78.3 cm³/mol. The highest BCUT2D eigenvalue weighted by Gasteiger charge is 2.67. The maximum Gasteiger partial charge on any atom is 0.395 e. The molecule has 0 spiro atoms. The minimum Gasteiger partial charge on any atom is -0.481 e. The Kier molecular flexibility index (Phi) is 4.54. The van der Waals surface area contributed by atoms with Crippen LogP contribution in [0.3, 0.4) is 0 Å². The number of carbonyl (C=O) groups is 1. The van der Waals surface area contributed by atoms with Gasteiger partial charge in [0.25, 0.3) is 0 Å². The van der Waals surface area contributed by atoms with E-state index >= 15 is 0 Å². The fraction of sp³-hybridized carbons (Fsp3) is 0.667. The quantitative estimate of drug-likeness (QED) is 0.867. The predicted octanol–water partition coefficient (Wildman–Crippen LogP) is 3.22. The Morgan fingerprint density at radius 2 is 1.87 bits per heavy atom. The van der Waals surface area contributed by atoms with E-state index in [0.717, 1.165) is 0 Å². The molecule has 1 aliphatic carbocycles. The molecule has 1 N–H and O–H groups in total. The Hall–Kier alpha value is -1.86. The molecule has 0 aliphatic heterocycles. The molecule has 1 atom stereocenters. The third-order valence-electron chi connectivity index (χ3n) is 4.55. The van der Waals surface area contributed by atoms with Crippen LogP contribution >= 0.6 is 0 Å². The second-order valence-electron chi connectivity index (χ2n) is 6.33. The lowest BCUT2D eigenvalue weighted by Gasteiger charge is -2.28. The van der Waals surface area contributed by atoms with Crippen LogP contribution < -0.4 is 4.90 Å². The molecule has 8 heteroatoms. The summed E-state index contributed by atoms with van der Waals surface area (Å²) in [5.41, 5.74) is -1.73. The molecule has 1 aliphatic rings. The van der Waals surface area contributed by atoms with Gasteiger partial charge in [0, 0.05) is 31.4 Å². The average Bonchev–Trinajstić information content (AvgIpc) is 3.25. The van der Waals surface area contributed by atoms with Gasteiger partial charge in [-0.3, -0.25) is 4.79 Å². The van der Waals surface area contributed by atoms with Gasteiger partial charge in [-0.25, -0.2) is 9.97 Å². The van der Waals surface area contributed by atoms with Crippen molar-refractivity contribution in [1.29, 1.82) is 0 Å². The summed E-state index contributed by atoms with van der Waals surface area (Å²) in [6.45, 7) is 3.88. The minimum atomic E-state index is -4.43. The molecule has 2 rings (SSSR count). The number of halogens is 3. The smallest absolute Gasteiger partial charge is 0.395 e. The molecular weight excluding hydrogens is 311 g/mol. The molecule has 1 saturated carbocycles. The molecule has 128 valence electrons. The van der Waals surface area contributed by atoms with E-state index in [1.165, 1.54) is 12.4 Å². The first-order valence-electron chi connectivity index (χ1n) is 7.42. The average molecular weight is 331 g/mol. The van der Waals surface area contributed by atoms with Crippen LogP contribution in [0.2, 0.25) is 0 Å². The Balaban J connectivity index is 2.32. The van der Waals surface area contributed by atoms with Gasteiger partial charge in [0.15, 0.2) is 0 Å². The number of carboxylic acid groups (broad SMARTS) is 1. The van der Waals surface area contributed by atoms with Crippen LogP contribution in [0.1, 0.15) is 44.6 Å². The highest BCUT2D eigenvalue weighted by Crippen LogP contribution is 2.66. The van der Waals surface area contributed by atoms with Gasteiger partial charge >= 0.3 is 12.1 Å². The Morgan fingerprint density at radius 3 is 2.22 bits per heavy atom. The first-order chi connectivity index (χ1) is 10.6. The third kappa shape index (κ3) is 3.40. The van der Waals surface area contributed by atoms with Crippen molar-refractivity contribution in [3.05, 3.63) is 18.0 Å². The first kappa shape index (κ1) is 17.5. The lowest BCUT2D eigenvalue weighted by Crippen LogP contribution is -2.33. The van der Waals surface area contributed by atoms with E-state index in [2.05, 4.69) is 9.97 Å². The molecular formula is C15H20F3N3O2. The van der Waals surface area contributed by atoms with Crippen LogP contribution in [0, 0.1) is 5.41 Å². The molecule has 1 aromatic rings. The zero-order valence-electron chi connectivity index (χ0n) is 13.3. The van der Waals surface area contributed by atoms with Gasteiger partial charge in [-0.05, 0) is 32.3 Å². The number of alkyl halides is 3. The zero-order chi connectivity index (χ0) is 17.4. The lowest BCUT2D eigenvalue weighted by molar-refractivity contribution is -0.195. The maximum atomic E-state index is 13.4. The van der Waals surface area contributed by atoms with E-state index in [-0.39, 0.29) is 24.4 Å². The fourth-order valence-corrected chi connectivity index (χ4v) is 2.70. The summed E-state index contributed by atoms with van der Waals surface area (Å²) in [7, 11) is 1.78. The lowest BCUT2D eigenvalue weighted by atomic mass is 9.81. The van der Waals surface area contributed by atoms with Gasteiger partial charge in [-0.2, -0.15) is 13.2 Å². The van der Waals surface area contributed by atoms with Gasteiger partial charge in [-0.1, -0.05) is 0 Å². The summed E-state index contributed by atoms with van der Waals surface area (Å²) in [5.74, 6) is -2.01. The number of rotatable bonds is 6. The van der Waals surface area contributed by atoms with E-state index in [1.807, 2.05) is 13.8 Å². The maximum absolute atomic E-state index is 13.4. The monoisotopic (exact) mass is 331 g/mol. The van der Waals surface area contributed by atoms with Crippen molar-refractivity contribution in [2.75, 3.05) is 11.9 Å². The summed E-state index contributed by atoms with van der Waals surface area (Å²) < 4.78 is 40.1. The molecule has 23 heavy (non-hydrogen) atoms. The molecule has 1 fully saturated rings. The molecule has 0 saturated heterocycles. The van der Waals surface area contributed by atoms with Crippen molar-refractivity contribution in [1.82, 2.24) is 9.97 Å². The van der Waals surface area contributed by atoms with E-state index < -0.39 is 29.9 Å². The molecule has 0 bridgehead atoms. The van der Waals surface area contributed by atoms with Crippen LogP contribution in [0.4, 0.5) is 19.1 Å². The number of anilines is 1. The Labute approximate surface area is 132 Å². The summed E-state index contributed by atoms with van der Waals surface area (Å²) in [5, 5.41) is 9.00.